The number of aliphatic hydroxyl groups excluding tert-OH is 1. The molecule has 0 aromatic carbocycles. The van der Waals surface area contributed by atoms with Crippen LogP contribution >= 0.6 is 0 Å². The van der Waals surface area contributed by atoms with Crippen molar-refractivity contribution < 1.29 is 9.90 Å². The lowest BCUT2D eigenvalue weighted by molar-refractivity contribution is -0.131. The Bertz CT molecular complexity index is 591. The van der Waals surface area contributed by atoms with Crippen LogP contribution in [-0.2, 0) is 11.3 Å². The second-order valence-corrected chi connectivity index (χ2v) is 8.13. The van der Waals surface area contributed by atoms with Gasteiger partial charge in [0.15, 0.2) is 0 Å². The third kappa shape index (κ3) is 5.72. The van der Waals surface area contributed by atoms with E-state index in [1.807, 2.05) is 29.0 Å². The number of amides is 1. The standard InChI is InChI=1S/C20H33N5O2/c1-22-7-9-24(10-8-22)12-18-13-25(14-19(18)16-26)20(27)15-23(2)11-17-3-5-21-6-4-17/h3-6,18-19,26H,7-16H2,1-2H3/t18-,19-/m1/s1. The molecule has 1 N–H and O–H groups in total. The monoisotopic (exact) mass is 375 g/mol. The molecule has 2 fully saturated rings. The summed E-state index contributed by atoms with van der Waals surface area (Å²) in [6, 6.07) is 3.95. The van der Waals surface area contributed by atoms with Gasteiger partial charge < -0.3 is 19.8 Å². The van der Waals surface area contributed by atoms with E-state index in [1.54, 1.807) is 12.4 Å². The van der Waals surface area contributed by atoms with Crippen LogP contribution in [-0.4, -0.2) is 109 Å². The van der Waals surface area contributed by atoms with E-state index in [2.05, 4.69) is 21.8 Å². The smallest absolute Gasteiger partial charge is 0.236 e. The number of piperazine rings is 1. The van der Waals surface area contributed by atoms with Gasteiger partial charge in [-0.15, -0.1) is 0 Å². The lowest BCUT2D eigenvalue weighted by Crippen LogP contribution is -2.47. The number of carbonyl (C=O) groups is 1. The third-order valence-corrected chi connectivity index (χ3v) is 5.86. The molecule has 2 atom stereocenters. The highest BCUT2D eigenvalue weighted by Gasteiger charge is 2.36. The van der Waals surface area contributed by atoms with Gasteiger partial charge in [0.2, 0.25) is 5.91 Å². The number of likely N-dealkylation sites (tertiary alicyclic amines) is 1. The molecule has 3 rings (SSSR count). The number of rotatable bonds is 7. The number of aromatic nitrogens is 1. The highest BCUT2D eigenvalue weighted by Crippen LogP contribution is 2.25. The molecule has 0 saturated carbocycles. The molecule has 2 aliphatic rings. The number of hydrogen-bond donors (Lipinski definition) is 1. The fraction of sp³-hybridized carbons (Fsp3) is 0.700. The molecule has 0 aliphatic carbocycles. The molecule has 0 spiro atoms. The van der Waals surface area contributed by atoms with E-state index in [0.717, 1.165) is 51.4 Å². The van der Waals surface area contributed by atoms with Crippen molar-refractivity contribution in [2.75, 3.05) is 73.1 Å². The molecule has 0 unspecified atom stereocenters. The average molecular weight is 376 g/mol. The van der Waals surface area contributed by atoms with Crippen LogP contribution in [0, 0.1) is 11.8 Å². The second kappa shape index (κ2) is 9.59. The Labute approximate surface area is 162 Å². The van der Waals surface area contributed by atoms with E-state index < -0.39 is 0 Å². The zero-order chi connectivity index (χ0) is 19.2. The highest BCUT2D eigenvalue weighted by molar-refractivity contribution is 5.78. The summed E-state index contributed by atoms with van der Waals surface area (Å²) in [6.45, 7) is 8.07. The summed E-state index contributed by atoms with van der Waals surface area (Å²) in [5, 5.41) is 9.80. The Kier molecular flexibility index (Phi) is 7.18. The van der Waals surface area contributed by atoms with Crippen LogP contribution in [0.3, 0.4) is 0 Å². The summed E-state index contributed by atoms with van der Waals surface area (Å²) in [4.78, 5) is 25.6. The van der Waals surface area contributed by atoms with Crippen LogP contribution < -0.4 is 0 Å². The van der Waals surface area contributed by atoms with Gasteiger partial charge in [0, 0.05) is 77.3 Å². The summed E-state index contributed by atoms with van der Waals surface area (Å²) in [6.07, 6.45) is 3.56. The van der Waals surface area contributed by atoms with Crippen molar-refractivity contribution in [2.24, 2.45) is 11.8 Å². The minimum absolute atomic E-state index is 0.158. The van der Waals surface area contributed by atoms with Crippen molar-refractivity contribution in [3.63, 3.8) is 0 Å². The van der Waals surface area contributed by atoms with Gasteiger partial charge in [-0.25, -0.2) is 0 Å². The zero-order valence-corrected chi connectivity index (χ0v) is 16.6. The van der Waals surface area contributed by atoms with Crippen molar-refractivity contribution in [2.45, 2.75) is 6.54 Å². The van der Waals surface area contributed by atoms with Gasteiger partial charge in [-0.2, -0.15) is 0 Å². The summed E-state index contributed by atoms with van der Waals surface area (Å²) < 4.78 is 0. The maximum Gasteiger partial charge on any atom is 0.236 e. The number of likely N-dealkylation sites (N-methyl/N-ethyl adjacent to an activating group) is 2. The Morgan fingerprint density at radius 2 is 1.85 bits per heavy atom. The highest BCUT2D eigenvalue weighted by atomic mass is 16.3. The molecule has 0 radical (unpaired) electrons. The van der Waals surface area contributed by atoms with Gasteiger partial charge in [0.05, 0.1) is 6.54 Å². The predicted octanol–water partition coefficient (Wildman–Crippen LogP) is -0.172. The molecule has 0 bridgehead atoms. The van der Waals surface area contributed by atoms with E-state index in [0.29, 0.717) is 19.0 Å². The van der Waals surface area contributed by atoms with Crippen LogP contribution in [0.1, 0.15) is 5.56 Å². The Hall–Kier alpha value is -1.54. The van der Waals surface area contributed by atoms with Crippen molar-refractivity contribution in [1.82, 2.24) is 24.6 Å². The second-order valence-electron chi connectivity index (χ2n) is 8.13. The first-order valence-corrected chi connectivity index (χ1v) is 9.92. The molecular formula is C20H33N5O2. The van der Waals surface area contributed by atoms with Gasteiger partial charge in [-0.1, -0.05) is 0 Å². The van der Waals surface area contributed by atoms with Crippen LogP contribution in [0.5, 0.6) is 0 Å². The third-order valence-electron chi connectivity index (χ3n) is 5.86. The normalized spacial score (nSPS) is 24.7. The van der Waals surface area contributed by atoms with Crippen LogP contribution in [0.4, 0.5) is 0 Å². The largest absolute Gasteiger partial charge is 0.396 e. The Morgan fingerprint density at radius 1 is 1.19 bits per heavy atom. The molecule has 7 heteroatoms. The van der Waals surface area contributed by atoms with Crippen LogP contribution in [0.15, 0.2) is 24.5 Å². The molecule has 2 aliphatic heterocycles. The summed E-state index contributed by atoms with van der Waals surface area (Å²) in [5.74, 6) is 0.720. The fourth-order valence-electron chi connectivity index (χ4n) is 4.10. The van der Waals surface area contributed by atoms with Crippen LogP contribution in [0.2, 0.25) is 0 Å². The Morgan fingerprint density at radius 3 is 2.52 bits per heavy atom. The molecule has 3 heterocycles. The van der Waals surface area contributed by atoms with Crippen molar-refractivity contribution in [3.05, 3.63) is 30.1 Å². The Balaban J connectivity index is 1.48. The van der Waals surface area contributed by atoms with Gasteiger partial charge in [-0.3, -0.25) is 14.7 Å². The predicted molar refractivity (Wildman–Crippen MR) is 105 cm³/mol. The average Bonchev–Trinajstić information content (AvgIpc) is 3.07. The molecule has 150 valence electrons. The molecule has 1 aromatic rings. The first-order chi connectivity index (χ1) is 13.0. The molecule has 1 amide bonds. The number of nitrogens with zero attached hydrogens (tertiary/aromatic N) is 5. The molecule has 1 aromatic heterocycles. The maximum atomic E-state index is 12.8. The van der Waals surface area contributed by atoms with Crippen molar-refractivity contribution >= 4 is 5.91 Å². The molecule has 7 nitrogen and oxygen atoms in total. The van der Waals surface area contributed by atoms with Gasteiger partial charge >= 0.3 is 0 Å². The fourth-order valence-corrected chi connectivity index (χ4v) is 4.10. The first kappa shape index (κ1) is 20.2. The molecule has 2 saturated heterocycles. The lowest BCUT2D eigenvalue weighted by atomic mass is 9.96. The van der Waals surface area contributed by atoms with Gasteiger partial charge in [-0.05, 0) is 37.7 Å². The lowest BCUT2D eigenvalue weighted by Gasteiger charge is -2.34. The number of pyridine rings is 1. The maximum absolute atomic E-state index is 12.8. The summed E-state index contributed by atoms with van der Waals surface area (Å²) in [5.41, 5.74) is 1.16. The van der Waals surface area contributed by atoms with E-state index in [9.17, 15) is 9.90 Å². The van der Waals surface area contributed by atoms with Gasteiger partial charge in [0.1, 0.15) is 0 Å². The minimum Gasteiger partial charge on any atom is -0.396 e. The topological polar surface area (TPSA) is 63.2 Å². The number of hydrogen-bond acceptors (Lipinski definition) is 6. The summed E-state index contributed by atoms with van der Waals surface area (Å²) >= 11 is 0. The first-order valence-electron chi connectivity index (χ1n) is 9.92. The summed E-state index contributed by atoms with van der Waals surface area (Å²) in [7, 11) is 4.13. The van der Waals surface area contributed by atoms with E-state index in [1.165, 1.54) is 0 Å². The zero-order valence-electron chi connectivity index (χ0n) is 16.6. The van der Waals surface area contributed by atoms with Gasteiger partial charge in [0.25, 0.3) is 0 Å². The molecule has 27 heavy (non-hydrogen) atoms. The quantitative estimate of drug-likeness (QED) is 0.714. The number of aliphatic hydroxyl groups is 1. The van der Waals surface area contributed by atoms with Crippen molar-refractivity contribution in [3.8, 4) is 0 Å². The van der Waals surface area contributed by atoms with Crippen molar-refractivity contribution in [1.29, 1.82) is 0 Å². The minimum atomic E-state index is 0.158. The number of carbonyl (C=O) groups excluding carboxylic acids is 1. The van der Waals surface area contributed by atoms with Crippen LogP contribution in [0.25, 0.3) is 0 Å². The van der Waals surface area contributed by atoms with E-state index >= 15 is 0 Å². The van der Waals surface area contributed by atoms with E-state index in [-0.39, 0.29) is 18.4 Å². The van der Waals surface area contributed by atoms with E-state index in [4.69, 9.17) is 0 Å². The molecular weight excluding hydrogens is 342 g/mol. The SMILES string of the molecule is CN1CCN(C[C@@H]2CN(C(=O)CN(C)Cc3ccncc3)C[C@@H]2CO)CC1.